The molecule has 0 saturated heterocycles. The third-order valence-corrected chi connectivity index (χ3v) is 2.71. The number of halogens is 3. The summed E-state index contributed by atoms with van der Waals surface area (Å²) in [6.45, 7) is 1.42. The molecule has 0 aliphatic rings. The molecule has 0 aliphatic heterocycles. The highest BCUT2D eigenvalue weighted by Crippen LogP contribution is 2.32. The molecule has 2 aromatic carbocycles. The predicted octanol–water partition coefficient (Wildman–Crippen LogP) is 4.06. The van der Waals surface area contributed by atoms with Crippen LogP contribution in [0.1, 0.15) is 5.56 Å². The molecule has 0 amide bonds. The lowest BCUT2D eigenvalue weighted by molar-refractivity contribution is -0.386. The number of nitrogens with one attached hydrogen (secondary N) is 1. The number of nitro benzene ring substituents is 1. The van der Waals surface area contributed by atoms with Crippen molar-refractivity contribution in [3.8, 4) is 0 Å². The molecule has 0 radical (unpaired) electrons. The third kappa shape index (κ3) is 2.42. The maximum Gasteiger partial charge on any atom is 0.327 e. The second-order valence-corrected chi connectivity index (χ2v) is 4.07. The Hall–Kier alpha value is -2.57. The lowest BCUT2D eigenvalue weighted by atomic mass is 10.2. The second-order valence-electron chi connectivity index (χ2n) is 4.07. The van der Waals surface area contributed by atoms with Crippen LogP contribution in [0, 0.1) is 34.5 Å². The van der Waals surface area contributed by atoms with Crippen molar-refractivity contribution in [3.63, 3.8) is 0 Å². The molecule has 1 N–H and O–H groups in total. The molecule has 104 valence electrons. The van der Waals surface area contributed by atoms with Gasteiger partial charge in [0.15, 0.2) is 5.82 Å². The quantitative estimate of drug-likeness (QED) is 0.682. The van der Waals surface area contributed by atoms with Crippen LogP contribution in [-0.2, 0) is 0 Å². The highest BCUT2D eigenvalue weighted by molar-refractivity contribution is 5.70. The Balaban J connectivity index is 2.54. The highest BCUT2D eigenvalue weighted by Gasteiger charge is 2.22. The Morgan fingerprint density at radius 3 is 2.45 bits per heavy atom. The van der Waals surface area contributed by atoms with Crippen molar-refractivity contribution in [1.29, 1.82) is 0 Å². The molecule has 0 atom stereocenters. The SMILES string of the molecule is Cc1ccc(F)c(Nc2cccc(F)c2[N+](=O)[O-])c1F. The molecule has 0 aromatic heterocycles. The number of anilines is 2. The standard InChI is InChI=1S/C13H9F3N2O2/c1-7-5-6-8(14)12(11(7)16)17-10-4-2-3-9(15)13(10)18(19)20/h2-6,17H,1H3. The van der Waals surface area contributed by atoms with E-state index in [1.54, 1.807) is 0 Å². The minimum absolute atomic E-state index is 0.160. The zero-order chi connectivity index (χ0) is 14.9. The first-order valence-electron chi connectivity index (χ1n) is 5.56. The summed E-state index contributed by atoms with van der Waals surface area (Å²) >= 11 is 0. The van der Waals surface area contributed by atoms with Crippen LogP contribution in [0.3, 0.4) is 0 Å². The first-order valence-corrected chi connectivity index (χ1v) is 5.56. The summed E-state index contributed by atoms with van der Waals surface area (Å²) in [5.74, 6) is -2.90. The molecule has 0 unspecified atom stereocenters. The lowest BCUT2D eigenvalue weighted by Gasteiger charge is -2.10. The summed E-state index contributed by atoms with van der Waals surface area (Å²) < 4.78 is 40.8. The summed E-state index contributed by atoms with van der Waals surface area (Å²) in [5.41, 5.74) is -1.59. The van der Waals surface area contributed by atoms with Crippen LogP contribution in [0.4, 0.5) is 30.2 Å². The van der Waals surface area contributed by atoms with Gasteiger partial charge in [0.25, 0.3) is 0 Å². The molecule has 20 heavy (non-hydrogen) atoms. The molecule has 0 saturated carbocycles. The van der Waals surface area contributed by atoms with Crippen molar-refractivity contribution in [2.24, 2.45) is 0 Å². The lowest BCUT2D eigenvalue weighted by Crippen LogP contribution is -2.03. The molecule has 4 nitrogen and oxygen atoms in total. The summed E-state index contributed by atoms with van der Waals surface area (Å²) in [6.07, 6.45) is 0. The number of nitro groups is 1. The number of hydrogen-bond donors (Lipinski definition) is 1. The smallest absolute Gasteiger partial charge is 0.327 e. The van der Waals surface area contributed by atoms with Gasteiger partial charge >= 0.3 is 5.69 Å². The van der Waals surface area contributed by atoms with Crippen molar-refractivity contribution in [2.45, 2.75) is 6.92 Å². The van der Waals surface area contributed by atoms with Crippen molar-refractivity contribution >= 4 is 17.1 Å². The molecule has 2 aromatic rings. The number of benzene rings is 2. The minimum Gasteiger partial charge on any atom is -0.345 e. The van der Waals surface area contributed by atoms with Crippen molar-refractivity contribution in [2.75, 3.05) is 5.32 Å². The molecule has 0 aliphatic carbocycles. The van der Waals surface area contributed by atoms with Gasteiger partial charge in [-0.1, -0.05) is 12.1 Å². The average molecular weight is 282 g/mol. The molecule has 2 rings (SSSR count). The van der Waals surface area contributed by atoms with Crippen LogP contribution < -0.4 is 5.32 Å². The van der Waals surface area contributed by atoms with E-state index in [2.05, 4.69) is 5.32 Å². The van der Waals surface area contributed by atoms with Gasteiger partial charge in [-0.2, -0.15) is 4.39 Å². The van der Waals surface area contributed by atoms with Crippen LogP contribution in [0.5, 0.6) is 0 Å². The van der Waals surface area contributed by atoms with Crippen LogP contribution in [0.15, 0.2) is 30.3 Å². The highest BCUT2D eigenvalue weighted by atomic mass is 19.1. The Labute approximate surface area is 112 Å². The zero-order valence-corrected chi connectivity index (χ0v) is 10.3. The number of aryl methyl sites for hydroxylation is 1. The van der Waals surface area contributed by atoms with Gasteiger partial charge in [0, 0.05) is 0 Å². The van der Waals surface area contributed by atoms with E-state index in [9.17, 15) is 23.3 Å². The van der Waals surface area contributed by atoms with E-state index < -0.39 is 33.7 Å². The normalized spacial score (nSPS) is 10.4. The fraction of sp³-hybridized carbons (Fsp3) is 0.0769. The van der Waals surface area contributed by atoms with E-state index in [-0.39, 0.29) is 11.3 Å². The van der Waals surface area contributed by atoms with Gasteiger partial charge in [0.2, 0.25) is 5.82 Å². The van der Waals surface area contributed by atoms with Gasteiger partial charge in [-0.15, -0.1) is 0 Å². The van der Waals surface area contributed by atoms with E-state index in [1.165, 1.54) is 25.1 Å². The summed E-state index contributed by atoms with van der Waals surface area (Å²) in [6, 6.07) is 5.52. The number of rotatable bonds is 3. The molecule has 0 fully saturated rings. The first kappa shape index (κ1) is 13.9. The molecular formula is C13H9F3N2O2. The predicted molar refractivity (Wildman–Crippen MR) is 67.4 cm³/mol. The first-order chi connectivity index (χ1) is 9.41. The van der Waals surface area contributed by atoms with Crippen molar-refractivity contribution < 1.29 is 18.1 Å². The van der Waals surface area contributed by atoms with Crippen LogP contribution in [-0.4, -0.2) is 4.92 Å². The fourth-order valence-corrected chi connectivity index (χ4v) is 1.71. The average Bonchev–Trinajstić information content (AvgIpc) is 2.39. The Morgan fingerprint density at radius 1 is 1.10 bits per heavy atom. The maximum atomic E-state index is 13.8. The molecular weight excluding hydrogens is 273 g/mol. The summed E-state index contributed by atoms with van der Waals surface area (Å²) in [5, 5.41) is 13.0. The van der Waals surface area contributed by atoms with Crippen LogP contribution in [0.25, 0.3) is 0 Å². The topological polar surface area (TPSA) is 55.2 Å². The Morgan fingerprint density at radius 2 is 1.80 bits per heavy atom. The molecule has 0 bridgehead atoms. The number of para-hydroxylation sites is 1. The van der Waals surface area contributed by atoms with Crippen LogP contribution in [0.2, 0.25) is 0 Å². The number of nitrogens with zero attached hydrogens (tertiary/aromatic N) is 1. The van der Waals surface area contributed by atoms with Gasteiger partial charge in [-0.3, -0.25) is 10.1 Å². The second kappa shape index (κ2) is 5.20. The van der Waals surface area contributed by atoms with E-state index in [1.807, 2.05) is 0 Å². The van der Waals surface area contributed by atoms with E-state index >= 15 is 0 Å². The molecule has 0 spiro atoms. The van der Waals surface area contributed by atoms with Gasteiger partial charge < -0.3 is 5.32 Å². The minimum atomic E-state index is -1.09. The van der Waals surface area contributed by atoms with Crippen molar-refractivity contribution in [1.82, 2.24) is 0 Å². The molecule has 7 heteroatoms. The monoisotopic (exact) mass is 282 g/mol. The van der Waals surface area contributed by atoms with E-state index in [0.29, 0.717) is 0 Å². The Bertz CT molecular complexity index is 690. The maximum absolute atomic E-state index is 13.8. The summed E-state index contributed by atoms with van der Waals surface area (Å²) in [4.78, 5) is 9.85. The van der Waals surface area contributed by atoms with Gasteiger partial charge in [-0.05, 0) is 30.7 Å². The number of hydrogen-bond acceptors (Lipinski definition) is 3. The van der Waals surface area contributed by atoms with Gasteiger partial charge in [0.05, 0.1) is 4.92 Å². The van der Waals surface area contributed by atoms with E-state index in [0.717, 1.165) is 12.1 Å². The van der Waals surface area contributed by atoms with Crippen LogP contribution >= 0.6 is 0 Å². The van der Waals surface area contributed by atoms with Gasteiger partial charge in [0.1, 0.15) is 17.2 Å². The summed E-state index contributed by atoms with van der Waals surface area (Å²) in [7, 11) is 0. The van der Waals surface area contributed by atoms with Crippen molar-refractivity contribution in [3.05, 3.63) is 63.5 Å². The molecule has 0 heterocycles. The van der Waals surface area contributed by atoms with E-state index in [4.69, 9.17) is 0 Å². The Kier molecular flexibility index (Phi) is 3.60. The zero-order valence-electron chi connectivity index (χ0n) is 10.3. The van der Waals surface area contributed by atoms with Gasteiger partial charge in [-0.25, -0.2) is 8.78 Å². The fourth-order valence-electron chi connectivity index (χ4n) is 1.71. The largest absolute Gasteiger partial charge is 0.345 e. The third-order valence-electron chi connectivity index (χ3n) is 2.71.